The molecule has 2 rings (SSSR count). The highest BCUT2D eigenvalue weighted by atomic mass is 16.6. The molecular weight excluding hydrogens is 192 g/mol. The van der Waals surface area contributed by atoms with Gasteiger partial charge in [0, 0.05) is 6.92 Å². The van der Waals surface area contributed by atoms with Gasteiger partial charge in [-0.2, -0.15) is 0 Å². The van der Waals surface area contributed by atoms with Gasteiger partial charge >= 0.3 is 5.97 Å². The van der Waals surface area contributed by atoms with Crippen molar-refractivity contribution in [1.82, 2.24) is 0 Å². The summed E-state index contributed by atoms with van der Waals surface area (Å²) in [6.07, 6.45) is -0.0791. The second-order valence-corrected chi connectivity index (χ2v) is 3.75. The van der Waals surface area contributed by atoms with Crippen LogP contribution in [-0.4, -0.2) is 18.2 Å². The van der Waals surface area contributed by atoms with Crippen LogP contribution in [0.15, 0.2) is 30.3 Å². The molecular formula is C12H14O3. The fourth-order valence-electron chi connectivity index (χ4n) is 1.72. The van der Waals surface area contributed by atoms with Crippen LogP contribution < -0.4 is 0 Å². The number of rotatable bonds is 3. The second-order valence-electron chi connectivity index (χ2n) is 3.75. The topological polar surface area (TPSA) is 38.8 Å². The van der Waals surface area contributed by atoms with Crippen molar-refractivity contribution in [1.29, 1.82) is 0 Å². The quantitative estimate of drug-likeness (QED) is 0.561. The summed E-state index contributed by atoms with van der Waals surface area (Å²) in [6.45, 7) is 3.27. The van der Waals surface area contributed by atoms with Crippen molar-refractivity contribution in [3.05, 3.63) is 35.9 Å². The lowest BCUT2D eigenvalue weighted by Gasteiger charge is -2.07. The summed E-state index contributed by atoms with van der Waals surface area (Å²) >= 11 is 0. The fraction of sp³-hybridized carbons (Fsp3) is 0.417. The van der Waals surface area contributed by atoms with Gasteiger partial charge in [0.1, 0.15) is 18.3 Å². The molecule has 3 nitrogen and oxygen atoms in total. The molecule has 15 heavy (non-hydrogen) atoms. The average Bonchev–Trinajstić information content (AvgIpc) is 2.97. The third kappa shape index (κ3) is 2.36. The van der Waals surface area contributed by atoms with Crippen LogP contribution in [0.5, 0.6) is 0 Å². The minimum Gasteiger partial charge on any atom is -0.460 e. The largest absolute Gasteiger partial charge is 0.460 e. The number of ether oxygens (including phenoxy) is 2. The minimum atomic E-state index is -0.259. The molecule has 0 aromatic heterocycles. The Balaban J connectivity index is 1.93. The lowest BCUT2D eigenvalue weighted by Crippen LogP contribution is -2.18. The Labute approximate surface area is 89.0 Å². The molecule has 1 aromatic carbocycles. The van der Waals surface area contributed by atoms with Crippen molar-refractivity contribution in [3.8, 4) is 0 Å². The zero-order valence-electron chi connectivity index (χ0n) is 8.84. The number of benzene rings is 1. The smallest absolute Gasteiger partial charge is 0.302 e. The molecule has 0 bridgehead atoms. The molecule has 1 heterocycles. The Morgan fingerprint density at radius 1 is 1.40 bits per heavy atom. The van der Waals surface area contributed by atoms with Gasteiger partial charge in [-0.1, -0.05) is 30.3 Å². The van der Waals surface area contributed by atoms with Gasteiger partial charge in [-0.25, -0.2) is 0 Å². The first-order chi connectivity index (χ1) is 7.18. The number of epoxide rings is 1. The molecule has 0 saturated carbocycles. The predicted octanol–water partition coefficient (Wildman–Crippen LogP) is 2.08. The molecule has 0 amide bonds. The Morgan fingerprint density at radius 3 is 2.67 bits per heavy atom. The summed E-state index contributed by atoms with van der Waals surface area (Å²) in [6, 6.07) is 9.96. The summed E-state index contributed by atoms with van der Waals surface area (Å²) in [4.78, 5) is 10.8. The van der Waals surface area contributed by atoms with Crippen LogP contribution in [0.3, 0.4) is 0 Å². The summed E-state index contributed by atoms with van der Waals surface area (Å²) in [5.41, 5.74) is 1.14. The van der Waals surface area contributed by atoms with Gasteiger partial charge < -0.3 is 9.47 Å². The molecule has 80 valence electrons. The van der Waals surface area contributed by atoms with E-state index >= 15 is 0 Å². The van der Waals surface area contributed by atoms with Gasteiger partial charge in [-0.15, -0.1) is 0 Å². The molecule has 3 atom stereocenters. The highest BCUT2D eigenvalue weighted by Gasteiger charge is 2.45. The first-order valence-electron chi connectivity index (χ1n) is 5.06. The predicted molar refractivity (Wildman–Crippen MR) is 55.3 cm³/mol. The van der Waals surface area contributed by atoms with Gasteiger partial charge in [0.15, 0.2) is 0 Å². The SMILES string of the molecule is CC(=O)O[C@H](C)[C@H]1O[C@H]1c1ccccc1. The Hall–Kier alpha value is -1.35. The van der Waals surface area contributed by atoms with E-state index in [9.17, 15) is 4.79 Å². The van der Waals surface area contributed by atoms with E-state index in [2.05, 4.69) is 0 Å². The molecule has 1 fully saturated rings. The zero-order chi connectivity index (χ0) is 10.8. The van der Waals surface area contributed by atoms with Crippen molar-refractivity contribution in [2.45, 2.75) is 32.2 Å². The summed E-state index contributed by atoms with van der Waals surface area (Å²) in [7, 11) is 0. The molecule has 1 aliphatic heterocycles. The molecule has 3 heteroatoms. The van der Waals surface area contributed by atoms with Crippen LogP contribution in [0.4, 0.5) is 0 Å². The Morgan fingerprint density at radius 2 is 2.07 bits per heavy atom. The minimum absolute atomic E-state index is 0.0105. The van der Waals surface area contributed by atoms with Crippen molar-refractivity contribution in [2.24, 2.45) is 0 Å². The number of hydrogen-bond acceptors (Lipinski definition) is 3. The van der Waals surface area contributed by atoms with Crippen molar-refractivity contribution in [3.63, 3.8) is 0 Å². The molecule has 1 aliphatic rings. The average molecular weight is 206 g/mol. The van der Waals surface area contributed by atoms with E-state index in [0.29, 0.717) is 0 Å². The van der Waals surface area contributed by atoms with Crippen LogP contribution in [0, 0.1) is 0 Å². The lowest BCUT2D eigenvalue weighted by atomic mass is 10.1. The zero-order valence-corrected chi connectivity index (χ0v) is 8.84. The summed E-state index contributed by atoms with van der Waals surface area (Å²) in [5, 5.41) is 0. The molecule has 0 N–H and O–H groups in total. The van der Waals surface area contributed by atoms with Gasteiger partial charge in [0.05, 0.1) is 0 Å². The van der Waals surface area contributed by atoms with E-state index in [1.54, 1.807) is 0 Å². The summed E-state index contributed by atoms with van der Waals surface area (Å²) < 4.78 is 10.6. The normalized spacial score (nSPS) is 25.7. The number of hydrogen-bond donors (Lipinski definition) is 0. The molecule has 1 saturated heterocycles. The van der Waals surface area contributed by atoms with Gasteiger partial charge in [-0.05, 0) is 12.5 Å². The van der Waals surface area contributed by atoms with Gasteiger partial charge in [-0.3, -0.25) is 4.79 Å². The third-order valence-corrected chi connectivity index (χ3v) is 2.47. The van der Waals surface area contributed by atoms with Crippen molar-refractivity contribution < 1.29 is 14.3 Å². The van der Waals surface area contributed by atoms with Crippen molar-refractivity contribution >= 4 is 5.97 Å². The fourth-order valence-corrected chi connectivity index (χ4v) is 1.72. The van der Waals surface area contributed by atoms with E-state index in [-0.39, 0.29) is 24.3 Å². The molecule has 1 aromatic rings. The maximum absolute atomic E-state index is 10.8. The van der Waals surface area contributed by atoms with E-state index in [1.165, 1.54) is 6.92 Å². The molecule has 0 aliphatic carbocycles. The van der Waals surface area contributed by atoms with Gasteiger partial charge in [0.25, 0.3) is 0 Å². The third-order valence-electron chi connectivity index (χ3n) is 2.47. The van der Waals surface area contributed by atoms with Gasteiger partial charge in [0.2, 0.25) is 0 Å². The molecule has 0 radical (unpaired) electrons. The van der Waals surface area contributed by atoms with E-state index in [0.717, 1.165) is 5.56 Å². The highest BCUT2D eigenvalue weighted by molar-refractivity contribution is 5.66. The number of carbonyl (C=O) groups excluding carboxylic acids is 1. The molecule has 0 unspecified atom stereocenters. The lowest BCUT2D eigenvalue weighted by molar-refractivity contribution is -0.146. The maximum atomic E-state index is 10.8. The standard InChI is InChI=1S/C12H14O3/c1-8(14-9(2)13)11-12(15-11)10-6-4-3-5-7-10/h3-8,11-12H,1-2H3/t8-,11-,12+/m1/s1. The maximum Gasteiger partial charge on any atom is 0.302 e. The monoisotopic (exact) mass is 206 g/mol. The van der Waals surface area contributed by atoms with Crippen LogP contribution in [0.1, 0.15) is 25.5 Å². The van der Waals surface area contributed by atoms with Crippen LogP contribution in [0.2, 0.25) is 0 Å². The second kappa shape index (κ2) is 4.03. The molecule has 0 spiro atoms. The van der Waals surface area contributed by atoms with E-state index in [4.69, 9.17) is 9.47 Å². The number of esters is 1. The summed E-state index contributed by atoms with van der Waals surface area (Å²) in [5.74, 6) is -0.259. The van der Waals surface area contributed by atoms with E-state index < -0.39 is 0 Å². The first kappa shape index (κ1) is 10.2. The Kier molecular flexibility index (Phi) is 2.73. The Bertz CT molecular complexity index is 347. The number of carbonyl (C=O) groups is 1. The van der Waals surface area contributed by atoms with E-state index in [1.807, 2.05) is 37.3 Å². The first-order valence-corrected chi connectivity index (χ1v) is 5.06. The van der Waals surface area contributed by atoms with Crippen LogP contribution in [-0.2, 0) is 14.3 Å². The highest BCUT2D eigenvalue weighted by Crippen LogP contribution is 2.41. The van der Waals surface area contributed by atoms with Crippen LogP contribution in [0.25, 0.3) is 0 Å². The van der Waals surface area contributed by atoms with Crippen LogP contribution >= 0.6 is 0 Å². The van der Waals surface area contributed by atoms with Crippen molar-refractivity contribution in [2.75, 3.05) is 0 Å².